The number of azo groups is 1. The Bertz CT molecular complexity index is 530. The van der Waals surface area contributed by atoms with Gasteiger partial charge >= 0.3 is 11.9 Å². The number of rotatable bonds is 14. The fourth-order valence-corrected chi connectivity index (χ4v) is 2.10. The van der Waals surface area contributed by atoms with Crippen LogP contribution in [0.3, 0.4) is 0 Å². The summed E-state index contributed by atoms with van der Waals surface area (Å²) in [7, 11) is 0. The number of unbranched alkanes of at least 4 members (excludes halogenated alkanes) is 2. The third kappa shape index (κ3) is 11.3. The third-order valence-corrected chi connectivity index (χ3v) is 4.20. The molecule has 0 aliphatic heterocycles. The number of carbonyl (C=O) groups excluding carboxylic acids is 2. The van der Waals surface area contributed by atoms with Gasteiger partial charge < -0.3 is 9.47 Å². The van der Waals surface area contributed by atoms with E-state index in [9.17, 15) is 20.1 Å². The fourth-order valence-electron chi connectivity index (χ4n) is 2.10. The molecule has 0 saturated heterocycles. The van der Waals surface area contributed by atoms with Gasteiger partial charge in [0.15, 0.2) is 0 Å². The van der Waals surface area contributed by atoms with E-state index in [-0.39, 0.29) is 12.8 Å². The highest BCUT2D eigenvalue weighted by Crippen LogP contribution is 2.17. The van der Waals surface area contributed by atoms with Crippen LogP contribution in [-0.2, 0) is 19.1 Å². The minimum absolute atomic E-state index is 0.0729. The molecule has 0 spiro atoms. The van der Waals surface area contributed by atoms with Crippen LogP contribution in [0.5, 0.6) is 0 Å². The zero-order chi connectivity index (χ0) is 21.4. The molecule has 0 aromatic carbocycles. The molecule has 4 atom stereocenters. The summed E-state index contributed by atoms with van der Waals surface area (Å²) in [4.78, 5) is 23.9. The van der Waals surface area contributed by atoms with E-state index in [1.807, 2.05) is 13.8 Å². The molecule has 4 unspecified atom stereocenters. The molecule has 0 amide bonds. The summed E-state index contributed by atoms with van der Waals surface area (Å²) in [5, 5.41) is 26.6. The van der Waals surface area contributed by atoms with Crippen molar-refractivity contribution in [2.24, 2.45) is 22.1 Å². The van der Waals surface area contributed by atoms with Gasteiger partial charge in [0.05, 0.1) is 62.1 Å². The molecule has 0 radical (unpaired) electrons. The first-order valence-electron chi connectivity index (χ1n) is 9.89. The zero-order valence-electron chi connectivity index (χ0n) is 17.4. The number of carbonyl (C=O) groups is 2. The second-order valence-electron chi connectivity index (χ2n) is 6.76. The summed E-state index contributed by atoms with van der Waals surface area (Å²) in [6.45, 7) is 7.93. The Morgan fingerprint density at radius 1 is 0.821 bits per heavy atom. The van der Waals surface area contributed by atoms with Gasteiger partial charge in [-0.1, -0.05) is 26.7 Å². The van der Waals surface area contributed by atoms with Gasteiger partial charge in [-0.2, -0.15) is 20.8 Å². The lowest BCUT2D eigenvalue weighted by molar-refractivity contribution is -0.145. The summed E-state index contributed by atoms with van der Waals surface area (Å²) in [6, 6.07) is 2.74. The van der Waals surface area contributed by atoms with Crippen molar-refractivity contribution in [2.45, 2.75) is 78.3 Å². The van der Waals surface area contributed by atoms with Crippen LogP contribution in [0.25, 0.3) is 0 Å². The minimum Gasteiger partial charge on any atom is -0.466 e. The molecule has 0 aliphatic carbocycles. The van der Waals surface area contributed by atoms with Crippen LogP contribution in [0.2, 0.25) is 0 Å². The van der Waals surface area contributed by atoms with Gasteiger partial charge in [0.2, 0.25) is 0 Å². The molecule has 0 aliphatic rings. The summed E-state index contributed by atoms with van der Waals surface area (Å²) >= 11 is 0. The maximum absolute atomic E-state index is 11.9. The normalized spacial score (nSPS) is 15.1. The van der Waals surface area contributed by atoms with Gasteiger partial charge in [-0.25, -0.2) is 0 Å². The van der Waals surface area contributed by atoms with Crippen molar-refractivity contribution < 1.29 is 19.1 Å². The lowest BCUT2D eigenvalue weighted by Gasteiger charge is -2.16. The van der Waals surface area contributed by atoms with Crippen LogP contribution < -0.4 is 0 Å². The number of nitriles is 2. The van der Waals surface area contributed by atoms with Crippen LogP contribution in [0.4, 0.5) is 0 Å². The van der Waals surface area contributed by atoms with Crippen LogP contribution in [0.1, 0.15) is 66.2 Å². The van der Waals surface area contributed by atoms with Crippen LogP contribution in [-0.4, -0.2) is 37.2 Å². The smallest absolute Gasteiger partial charge is 0.308 e. The first-order valence-corrected chi connectivity index (χ1v) is 9.89. The van der Waals surface area contributed by atoms with Gasteiger partial charge in [0.25, 0.3) is 0 Å². The highest BCUT2D eigenvalue weighted by Gasteiger charge is 2.25. The quantitative estimate of drug-likeness (QED) is 0.250. The van der Waals surface area contributed by atoms with Gasteiger partial charge in [0, 0.05) is 0 Å². The second-order valence-corrected chi connectivity index (χ2v) is 6.76. The molecule has 0 aromatic heterocycles. The molecule has 28 heavy (non-hydrogen) atoms. The molecular weight excluding hydrogens is 360 g/mol. The van der Waals surface area contributed by atoms with Crippen molar-refractivity contribution in [1.82, 2.24) is 0 Å². The van der Waals surface area contributed by atoms with E-state index in [1.54, 1.807) is 13.8 Å². The van der Waals surface area contributed by atoms with Crippen molar-refractivity contribution in [3.63, 3.8) is 0 Å². The Labute approximate surface area is 167 Å². The summed E-state index contributed by atoms with van der Waals surface area (Å²) in [6.07, 6.45) is 3.22. The average molecular weight is 393 g/mol. The van der Waals surface area contributed by atoms with E-state index >= 15 is 0 Å². The van der Waals surface area contributed by atoms with Gasteiger partial charge in [-0.3, -0.25) is 9.59 Å². The lowest BCUT2D eigenvalue weighted by atomic mass is 10.0. The predicted octanol–water partition coefficient (Wildman–Crippen LogP) is 3.96. The third-order valence-electron chi connectivity index (χ3n) is 4.20. The lowest BCUT2D eigenvalue weighted by Crippen LogP contribution is -2.23. The van der Waals surface area contributed by atoms with Gasteiger partial charge in [-0.05, 0) is 26.7 Å². The molecule has 8 heteroatoms. The molecular formula is C20H32N4O4. The first-order chi connectivity index (χ1) is 13.4. The second kappa shape index (κ2) is 15.6. The maximum Gasteiger partial charge on any atom is 0.308 e. The van der Waals surface area contributed by atoms with E-state index in [4.69, 9.17) is 9.47 Å². The van der Waals surface area contributed by atoms with Crippen molar-refractivity contribution in [2.75, 3.05) is 13.2 Å². The molecule has 156 valence electrons. The SMILES string of the molecule is CCCCOC(=O)CC(N=NC(CC(=O)OCCCC)C(C)C#N)C(C)C#N. The molecule has 0 bridgehead atoms. The molecule has 0 rings (SSSR count). The Morgan fingerprint density at radius 3 is 1.46 bits per heavy atom. The Balaban J connectivity index is 5.03. The van der Waals surface area contributed by atoms with Crippen molar-refractivity contribution in [3.8, 4) is 12.1 Å². The number of ether oxygens (including phenoxy) is 2. The number of hydrogen-bond donors (Lipinski definition) is 0. The monoisotopic (exact) mass is 392 g/mol. The Morgan fingerprint density at radius 2 is 1.18 bits per heavy atom. The van der Waals surface area contributed by atoms with Crippen molar-refractivity contribution in [3.05, 3.63) is 0 Å². The van der Waals surface area contributed by atoms with E-state index < -0.39 is 35.9 Å². The zero-order valence-corrected chi connectivity index (χ0v) is 17.4. The van der Waals surface area contributed by atoms with Crippen LogP contribution in [0.15, 0.2) is 10.2 Å². The largest absolute Gasteiger partial charge is 0.466 e. The maximum atomic E-state index is 11.9. The highest BCUT2D eigenvalue weighted by molar-refractivity contribution is 5.70. The van der Waals surface area contributed by atoms with E-state index in [2.05, 4.69) is 22.4 Å². The van der Waals surface area contributed by atoms with E-state index in [0.29, 0.717) is 13.2 Å². The minimum atomic E-state index is -0.691. The van der Waals surface area contributed by atoms with Crippen molar-refractivity contribution >= 4 is 11.9 Å². The Hall–Kier alpha value is -2.48. The molecule has 0 saturated carbocycles. The predicted molar refractivity (Wildman–Crippen MR) is 103 cm³/mol. The number of nitrogens with zero attached hydrogens (tertiary/aromatic N) is 4. The number of esters is 2. The van der Waals surface area contributed by atoms with Gasteiger partial charge in [0.1, 0.15) is 0 Å². The van der Waals surface area contributed by atoms with E-state index in [0.717, 1.165) is 25.7 Å². The average Bonchev–Trinajstić information content (AvgIpc) is 2.69. The first kappa shape index (κ1) is 25.5. The molecule has 0 fully saturated rings. The topological polar surface area (TPSA) is 125 Å². The van der Waals surface area contributed by atoms with Gasteiger partial charge in [-0.15, -0.1) is 0 Å². The molecule has 8 nitrogen and oxygen atoms in total. The summed E-state index contributed by atoms with van der Waals surface area (Å²) in [5.74, 6) is -2.00. The molecule has 0 N–H and O–H groups in total. The summed E-state index contributed by atoms with van der Waals surface area (Å²) < 4.78 is 10.3. The van der Waals surface area contributed by atoms with Crippen molar-refractivity contribution in [1.29, 1.82) is 10.5 Å². The van der Waals surface area contributed by atoms with Crippen LogP contribution >= 0.6 is 0 Å². The Kier molecular flexibility index (Phi) is 14.2. The van der Waals surface area contributed by atoms with Crippen LogP contribution in [0, 0.1) is 34.5 Å². The molecule has 0 aromatic rings. The molecule has 0 heterocycles. The highest BCUT2D eigenvalue weighted by atomic mass is 16.5. The van der Waals surface area contributed by atoms with E-state index in [1.165, 1.54) is 0 Å². The summed E-state index contributed by atoms with van der Waals surface area (Å²) in [5.41, 5.74) is 0. The fraction of sp³-hybridized carbons (Fsp3) is 0.800. The standard InChI is InChI=1S/C20H32N4O4/c1-5-7-9-27-19(25)11-17(15(3)13-21)23-24-18(16(4)14-22)12-20(26)28-10-8-6-2/h15-18H,5-12H2,1-4H3. The number of hydrogen-bond acceptors (Lipinski definition) is 8.